The topological polar surface area (TPSA) is 61.0 Å². The summed E-state index contributed by atoms with van der Waals surface area (Å²) in [6.45, 7) is 6.52. The van der Waals surface area contributed by atoms with Crippen LogP contribution in [-0.2, 0) is 5.41 Å². The lowest BCUT2D eigenvalue weighted by Gasteiger charge is -2.25. The second kappa shape index (κ2) is 7.13. The third-order valence-corrected chi connectivity index (χ3v) is 3.93. The minimum absolute atomic E-state index is 0.0979. The number of hydrogen-bond acceptors (Lipinski definition) is 3. The molecule has 2 rings (SSSR count). The van der Waals surface area contributed by atoms with Gasteiger partial charge in [0.05, 0.1) is 6.04 Å². The molecule has 0 aliphatic heterocycles. The first kappa shape index (κ1) is 18.1. The molecule has 0 bridgehead atoms. The fraction of sp³-hybridized carbons (Fsp3) is 0.444. The van der Waals surface area contributed by atoms with E-state index in [0.29, 0.717) is 12.2 Å². The van der Waals surface area contributed by atoms with Crippen LogP contribution in [0.3, 0.4) is 0 Å². The molecule has 0 fully saturated rings. The van der Waals surface area contributed by atoms with E-state index in [4.69, 9.17) is 0 Å². The summed E-state index contributed by atoms with van der Waals surface area (Å²) in [5.74, 6) is -0.530. The van der Waals surface area contributed by atoms with E-state index in [2.05, 4.69) is 15.5 Å². The maximum atomic E-state index is 13.4. The Balaban J connectivity index is 2.07. The van der Waals surface area contributed by atoms with Crippen molar-refractivity contribution in [2.45, 2.75) is 32.2 Å². The second-order valence-electron chi connectivity index (χ2n) is 7.16. The minimum atomic E-state index is -0.284. The highest BCUT2D eigenvalue weighted by molar-refractivity contribution is 5.92. The van der Waals surface area contributed by atoms with Crippen LogP contribution in [0.2, 0.25) is 0 Å². The number of aromatic amines is 1. The van der Waals surface area contributed by atoms with Gasteiger partial charge in [0.15, 0.2) is 0 Å². The largest absolute Gasteiger partial charge is 0.349 e. The molecule has 130 valence electrons. The summed E-state index contributed by atoms with van der Waals surface area (Å²) in [5, 5.41) is 9.86. The Kier molecular flexibility index (Phi) is 5.39. The van der Waals surface area contributed by atoms with Gasteiger partial charge < -0.3 is 10.2 Å². The van der Waals surface area contributed by atoms with Crippen molar-refractivity contribution >= 4 is 5.91 Å². The standard InChI is InChI=1S/C18H25FN4O/c1-18(2,3)16-10-14(21-22-16)17(24)20-11-15(23(4)5)12-7-6-8-13(19)9-12/h6-10,15H,11H2,1-5H3,(H,20,24)(H,21,22). The van der Waals surface area contributed by atoms with Crippen LogP contribution in [-0.4, -0.2) is 41.6 Å². The Bertz CT molecular complexity index is 703. The molecule has 1 aromatic heterocycles. The number of nitrogens with one attached hydrogen (secondary N) is 2. The lowest BCUT2D eigenvalue weighted by atomic mass is 9.92. The Morgan fingerprint density at radius 2 is 2.04 bits per heavy atom. The van der Waals surface area contributed by atoms with Crippen LogP contribution in [0.4, 0.5) is 4.39 Å². The van der Waals surface area contributed by atoms with Gasteiger partial charge in [-0.05, 0) is 37.9 Å². The smallest absolute Gasteiger partial charge is 0.271 e. The van der Waals surface area contributed by atoms with Crippen LogP contribution < -0.4 is 5.32 Å². The molecule has 1 aromatic carbocycles. The summed E-state index contributed by atoms with van der Waals surface area (Å²) in [5.41, 5.74) is 1.98. The predicted octanol–water partition coefficient (Wildman–Crippen LogP) is 2.88. The highest BCUT2D eigenvalue weighted by Gasteiger charge is 2.21. The van der Waals surface area contributed by atoms with E-state index in [1.165, 1.54) is 12.1 Å². The predicted molar refractivity (Wildman–Crippen MR) is 92.4 cm³/mol. The van der Waals surface area contributed by atoms with Crippen LogP contribution in [0.1, 0.15) is 48.6 Å². The molecule has 1 heterocycles. The average molecular weight is 332 g/mol. The number of carbonyl (C=O) groups is 1. The van der Waals surface area contributed by atoms with Crippen LogP contribution in [0.5, 0.6) is 0 Å². The molecule has 6 heteroatoms. The molecule has 0 radical (unpaired) electrons. The van der Waals surface area contributed by atoms with Gasteiger partial charge in [0, 0.05) is 17.7 Å². The van der Waals surface area contributed by atoms with Gasteiger partial charge in [-0.3, -0.25) is 9.89 Å². The quantitative estimate of drug-likeness (QED) is 0.885. The molecule has 1 amide bonds. The van der Waals surface area contributed by atoms with Gasteiger partial charge in [0.25, 0.3) is 5.91 Å². The van der Waals surface area contributed by atoms with E-state index in [0.717, 1.165) is 11.3 Å². The molecule has 0 saturated carbocycles. The Morgan fingerprint density at radius 3 is 2.58 bits per heavy atom. The number of rotatable bonds is 5. The monoisotopic (exact) mass is 332 g/mol. The number of halogens is 1. The van der Waals surface area contributed by atoms with Gasteiger partial charge in [-0.2, -0.15) is 5.10 Å². The van der Waals surface area contributed by atoms with Crippen molar-refractivity contribution in [3.05, 3.63) is 53.1 Å². The third kappa shape index (κ3) is 4.41. The molecule has 2 aromatic rings. The Morgan fingerprint density at radius 1 is 1.33 bits per heavy atom. The lowest BCUT2D eigenvalue weighted by Crippen LogP contribution is -2.34. The highest BCUT2D eigenvalue weighted by Crippen LogP contribution is 2.21. The van der Waals surface area contributed by atoms with Crippen LogP contribution in [0, 0.1) is 5.82 Å². The summed E-state index contributed by atoms with van der Waals surface area (Å²) in [6, 6.07) is 8.07. The van der Waals surface area contributed by atoms with Gasteiger partial charge in [-0.1, -0.05) is 32.9 Å². The number of amides is 1. The molecule has 2 N–H and O–H groups in total. The van der Waals surface area contributed by atoms with E-state index in [1.807, 2.05) is 45.8 Å². The highest BCUT2D eigenvalue weighted by atomic mass is 19.1. The van der Waals surface area contributed by atoms with Gasteiger partial charge in [0.2, 0.25) is 0 Å². The van der Waals surface area contributed by atoms with Crippen LogP contribution >= 0.6 is 0 Å². The Labute approximate surface area is 142 Å². The molecule has 1 unspecified atom stereocenters. The minimum Gasteiger partial charge on any atom is -0.349 e. The van der Waals surface area contributed by atoms with Gasteiger partial charge in [-0.25, -0.2) is 4.39 Å². The lowest BCUT2D eigenvalue weighted by molar-refractivity contribution is 0.0937. The summed E-state index contributed by atoms with van der Waals surface area (Å²) in [6.07, 6.45) is 0. The average Bonchev–Trinajstić information content (AvgIpc) is 2.97. The van der Waals surface area contributed by atoms with Crippen molar-refractivity contribution in [2.24, 2.45) is 0 Å². The van der Waals surface area contributed by atoms with Crippen LogP contribution in [0.25, 0.3) is 0 Å². The molecule has 0 spiro atoms. The van der Waals surface area contributed by atoms with E-state index >= 15 is 0 Å². The first-order valence-corrected chi connectivity index (χ1v) is 7.94. The van der Waals surface area contributed by atoms with Crippen LogP contribution in [0.15, 0.2) is 30.3 Å². The van der Waals surface area contributed by atoms with Gasteiger partial charge in [-0.15, -0.1) is 0 Å². The van der Waals surface area contributed by atoms with E-state index in [-0.39, 0.29) is 23.2 Å². The van der Waals surface area contributed by atoms with Crippen molar-refractivity contribution in [2.75, 3.05) is 20.6 Å². The number of hydrogen-bond donors (Lipinski definition) is 2. The molecule has 1 atom stereocenters. The molecular weight excluding hydrogens is 307 g/mol. The molecule has 24 heavy (non-hydrogen) atoms. The summed E-state index contributed by atoms with van der Waals surface area (Å²) in [7, 11) is 3.79. The van der Waals surface area contributed by atoms with Crippen molar-refractivity contribution in [1.29, 1.82) is 0 Å². The van der Waals surface area contributed by atoms with Crippen molar-refractivity contribution < 1.29 is 9.18 Å². The van der Waals surface area contributed by atoms with Gasteiger partial charge >= 0.3 is 0 Å². The molecule has 0 saturated heterocycles. The van der Waals surface area contributed by atoms with E-state index in [1.54, 1.807) is 12.1 Å². The number of H-pyrrole nitrogens is 1. The van der Waals surface area contributed by atoms with E-state index < -0.39 is 0 Å². The zero-order chi connectivity index (χ0) is 17.9. The van der Waals surface area contributed by atoms with E-state index in [9.17, 15) is 9.18 Å². The fourth-order valence-corrected chi connectivity index (χ4v) is 2.41. The van der Waals surface area contributed by atoms with Crippen molar-refractivity contribution in [3.8, 4) is 0 Å². The third-order valence-electron chi connectivity index (χ3n) is 3.93. The summed E-state index contributed by atoms with van der Waals surface area (Å²) < 4.78 is 13.4. The molecular formula is C18H25FN4O. The SMILES string of the molecule is CN(C)C(CNC(=O)c1cc(C(C)(C)C)[nH]n1)c1cccc(F)c1. The molecule has 0 aliphatic carbocycles. The van der Waals surface area contributed by atoms with Crippen molar-refractivity contribution in [3.63, 3.8) is 0 Å². The Hall–Kier alpha value is -2.21. The number of aromatic nitrogens is 2. The molecule has 0 aliphatic rings. The normalized spacial score (nSPS) is 13.1. The van der Waals surface area contributed by atoms with Crippen molar-refractivity contribution in [1.82, 2.24) is 20.4 Å². The maximum Gasteiger partial charge on any atom is 0.271 e. The summed E-state index contributed by atoms with van der Waals surface area (Å²) >= 11 is 0. The number of carbonyl (C=O) groups excluding carboxylic acids is 1. The van der Waals surface area contributed by atoms with Gasteiger partial charge in [0.1, 0.15) is 11.5 Å². The zero-order valence-electron chi connectivity index (χ0n) is 14.9. The first-order chi connectivity index (χ1) is 11.2. The number of nitrogens with zero attached hydrogens (tertiary/aromatic N) is 2. The summed E-state index contributed by atoms with van der Waals surface area (Å²) in [4.78, 5) is 14.3. The second-order valence-corrected chi connectivity index (χ2v) is 7.16. The number of likely N-dealkylation sites (N-methyl/N-ethyl adjacent to an activating group) is 1. The zero-order valence-corrected chi connectivity index (χ0v) is 14.9. The fourth-order valence-electron chi connectivity index (χ4n) is 2.41. The maximum absolute atomic E-state index is 13.4. The first-order valence-electron chi connectivity index (χ1n) is 7.94. The number of benzene rings is 1. The molecule has 5 nitrogen and oxygen atoms in total.